The average molecular weight is 371 g/mol. The fourth-order valence-electron chi connectivity index (χ4n) is 2.74. The number of amides is 2. The van der Waals surface area contributed by atoms with Gasteiger partial charge in [0.1, 0.15) is 17.6 Å². The highest BCUT2D eigenvalue weighted by atomic mass is 19.1. The average Bonchev–Trinajstić information content (AvgIpc) is 2.93. The van der Waals surface area contributed by atoms with Crippen molar-refractivity contribution >= 4 is 17.8 Å². The summed E-state index contributed by atoms with van der Waals surface area (Å²) in [7, 11) is 0. The summed E-state index contributed by atoms with van der Waals surface area (Å²) in [6, 6.07) is 11.0. The first-order valence-electron chi connectivity index (χ1n) is 8.51. The minimum Gasteiger partial charge on any atom is -0.493 e. The lowest BCUT2D eigenvalue weighted by Gasteiger charge is -2.20. The second-order valence-electron chi connectivity index (χ2n) is 6.03. The third-order valence-electron chi connectivity index (χ3n) is 4.17. The molecule has 1 heterocycles. The topological polar surface area (TPSA) is 72.9 Å². The van der Waals surface area contributed by atoms with Crippen molar-refractivity contribution in [2.75, 3.05) is 13.2 Å². The van der Waals surface area contributed by atoms with Gasteiger partial charge in [-0.25, -0.2) is 9.18 Å². The zero-order valence-electron chi connectivity index (χ0n) is 14.7. The fraction of sp³-hybridized carbons (Fsp3) is 0.250. The predicted molar refractivity (Wildman–Crippen MR) is 93.9 cm³/mol. The molecule has 0 bridgehead atoms. The van der Waals surface area contributed by atoms with Crippen LogP contribution in [0, 0.1) is 5.82 Å². The maximum Gasteiger partial charge on any atom is 0.329 e. The molecule has 1 aliphatic heterocycles. The van der Waals surface area contributed by atoms with Gasteiger partial charge in [0.2, 0.25) is 0 Å². The van der Waals surface area contributed by atoms with Gasteiger partial charge < -0.3 is 9.47 Å². The van der Waals surface area contributed by atoms with E-state index in [0.717, 1.165) is 4.90 Å². The minimum atomic E-state index is -1.02. The van der Waals surface area contributed by atoms with E-state index in [4.69, 9.17) is 9.47 Å². The van der Waals surface area contributed by atoms with Crippen molar-refractivity contribution in [1.29, 1.82) is 0 Å². The van der Waals surface area contributed by atoms with Gasteiger partial charge in [0.15, 0.2) is 0 Å². The molecule has 0 aromatic heterocycles. The first-order chi connectivity index (χ1) is 13.0. The van der Waals surface area contributed by atoms with Gasteiger partial charge in [0.25, 0.3) is 11.8 Å². The van der Waals surface area contributed by atoms with E-state index in [2.05, 4.69) is 0 Å². The van der Waals surface area contributed by atoms with Gasteiger partial charge in [-0.1, -0.05) is 12.1 Å². The molecule has 0 saturated heterocycles. The highest BCUT2D eigenvalue weighted by Gasteiger charge is 2.41. The molecule has 2 aromatic rings. The molecule has 6 nitrogen and oxygen atoms in total. The molecule has 0 fully saturated rings. The molecule has 7 heteroatoms. The molecule has 0 radical (unpaired) electrons. The first kappa shape index (κ1) is 18.6. The third kappa shape index (κ3) is 3.97. The fourth-order valence-corrected chi connectivity index (χ4v) is 2.74. The summed E-state index contributed by atoms with van der Waals surface area (Å²) in [6.07, 6.45) is 0.415. The quantitative estimate of drug-likeness (QED) is 0.425. The lowest BCUT2D eigenvalue weighted by molar-refractivity contribution is -0.147. The molecule has 3 rings (SSSR count). The monoisotopic (exact) mass is 371 g/mol. The Morgan fingerprint density at radius 2 is 1.59 bits per heavy atom. The number of hydrogen-bond acceptors (Lipinski definition) is 5. The van der Waals surface area contributed by atoms with Crippen LogP contribution in [-0.2, 0) is 9.53 Å². The largest absolute Gasteiger partial charge is 0.493 e. The van der Waals surface area contributed by atoms with Crippen molar-refractivity contribution < 1.29 is 28.2 Å². The van der Waals surface area contributed by atoms with E-state index in [1.165, 1.54) is 31.2 Å². The highest BCUT2D eigenvalue weighted by molar-refractivity contribution is 6.22. The van der Waals surface area contributed by atoms with Crippen molar-refractivity contribution in [3.8, 4) is 5.75 Å². The van der Waals surface area contributed by atoms with Gasteiger partial charge in [-0.3, -0.25) is 14.5 Å². The molecule has 0 N–H and O–H groups in total. The highest BCUT2D eigenvalue weighted by Crippen LogP contribution is 2.24. The van der Waals surface area contributed by atoms with Gasteiger partial charge in [-0.15, -0.1) is 0 Å². The summed E-state index contributed by atoms with van der Waals surface area (Å²) in [5, 5.41) is 0. The molecule has 27 heavy (non-hydrogen) atoms. The number of imide groups is 1. The number of carbonyl (C=O) groups excluding carboxylic acids is 3. The number of carbonyl (C=O) groups is 3. The first-order valence-corrected chi connectivity index (χ1v) is 8.51. The van der Waals surface area contributed by atoms with Gasteiger partial charge in [-0.2, -0.15) is 0 Å². The van der Waals surface area contributed by atoms with Gasteiger partial charge in [0, 0.05) is 6.42 Å². The van der Waals surface area contributed by atoms with Crippen LogP contribution in [0.1, 0.15) is 34.1 Å². The Balaban J connectivity index is 1.46. The second-order valence-corrected chi connectivity index (χ2v) is 6.03. The van der Waals surface area contributed by atoms with Crippen molar-refractivity contribution in [2.45, 2.75) is 19.4 Å². The third-order valence-corrected chi connectivity index (χ3v) is 4.17. The normalized spacial score (nSPS) is 14.1. The van der Waals surface area contributed by atoms with E-state index in [9.17, 15) is 18.8 Å². The summed E-state index contributed by atoms with van der Waals surface area (Å²) >= 11 is 0. The van der Waals surface area contributed by atoms with Crippen LogP contribution in [-0.4, -0.2) is 41.9 Å². The standard InChI is InChI=1S/C20H18FNO5/c1-13(22-18(23)16-5-2-3-6-17(16)19(22)24)20(25)27-12-4-11-26-15-9-7-14(21)8-10-15/h2-3,5-10,13H,4,11-12H2,1H3. The summed E-state index contributed by atoms with van der Waals surface area (Å²) in [6.45, 7) is 1.81. The Morgan fingerprint density at radius 3 is 2.19 bits per heavy atom. The molecule has 0 spiro atoms. The summed E-state index contributed by atoms with van der Waals surface area (Å²) in [5.41, 5.74) is 0.574. The van der Waals surface area contributed by atoms with E-state index in [1.807, 2.05) is 0 Å². The van der Waals surface area contributed by atoms with Crippen molar-refractivity contribution in [2.24, 2.45) is 0 Å². The number of fused-ring (bicyclic) bond motifs is 1. The van der Waals surface area contributed by atoms with E-state index in [1.54, 1.807) is 24.3 Å². The zero-order valence-corrected chi connectivity index (χ0v) is 14.7. The lowest BCUT2D eigenvalue weighted by Crippen LogP contribution is -2.43. The Bertz CT molecular complexity index is 830. The predicted octanol–water partition coefficient (Wildman–Crippen LogP) is 2.82. The van der Waals surface area contributed by atoms with Crippen LogP contribution in [0.4, 0.5) is 4.39 Å². The molecule has 140 valence electrons. The van der Waals surface area contributed by atoms with E-state index in [-0.39, 0.29) is 30.2 Å². The van der Waals surface area contributed by atoms with Crippen molar-refractivity contribution in [1.82, 2.24) is 4.90 Å². The van der Waals surface area contributed by atoms with Crippen molar-refractivity contribution in [3.05, 3.63) is 65.5 Å². The molecule has 1 atom stereocenters. The molecule has 1 aliphatic rings. The van der Waals surface area contributed by atoms with Crippen LogP contribution in [0.5, 0.6) is 5.75 Å². The number of nitrogens with zero attached hydrogens (tertiary/aromatic N) is 1. The number of ether oxygens (including phenoxy) is 2. The van der Waals surface area contributed by atoms with Crippen LogP contribution < -0.4 is 4.74 Å². The molecule has 0 saturated carbocycles. The molecule has 0 aliphatic carbocycles. The van der Waals surface area contributed by atoms with Crippen LogP contribution in [0.15, 0.2) is 48.5 Å². The number of hydrogen-bond donors (Lipinski definition) is 0. The zero-order chi connectivity index (χ0) is 19.4. The van der Waals surface area contributed by atoms with E-state index < -0.39 is 23.8 Å². The maximum absolute atomic E-state index is 12.8. The second kappa shape index (κ2) is 7.99. The summed E-state index contributed by atoms with van der Waals surface area (Å²) < 4.78 is 23.3. The Hall–Kier alpha value is -3.22. The van der Waals surface area contributed by atoms with E-state index in [0.29, 0.717) is 12.2 Å². The number of halogens is 1. The molecule has 2 amide bonds. The molecule has 2 aromatic carbocycles. The van der Waals surface area contributed by atoms with Crippen LogP contribution in [0.2, 0.25) is 0 Å². The number of rotatable bonds is 7. The maximum atomic E-state index is 12.8. The smallest absolute Gasteiger partial charge is 0.329 e. The Kier molecular flexibility index (Phi) is 5.49. The van der Waals surface area contributed by atoms with Crippen LogP contribution in [0.25, 0.3) is 0 Å². The van der Waals surface area contributed by atoms with E-state index >= 15 is 0 Å². The number of esters is 1. The lowest BCUT2D eigenvalue weighted by atomic mass is 10.1. The molecular formula is C20H18FNO5. The molecular weight excluding hydrogens is 353 g/mol. The Morgan fingerprint density at radius 1 is 1.00 bits per heavy atom. The minimum absolute atomic E-state index is 0.0769. The van der Waals surface area contributed by atoms with Gasteiger partial charge in [-0.05, 0) is 43.3 Å². The van der Waals surface area contributed by atoms with Crippen LogP contribution in [0.3, 0.4) is 0 Å². The summed E-state index contributed by atoms with van der Waals surface area (Å²) in [4.78, 5) is 37.8. The molecule has 1 unspecified atom stereocenters. The van der Waals surface area contributed by atoms with Gasteiger partial charge >= 0.3 is 5.97 Å². The SMILES string of the molecule is CC(C(=O)OCCCOc1ccc(F)cc1)N1C(=O)c2ccccc2C1=O. The van der Waals surface area contributed by atoms with Gasteiger partial charge in [0.05, 0.1) is 24.3 Å². The van der Waals surface area contributed by atoms with Crippen LogP contribution >= 0.6 is 0 Å². The summed E-state index contributed by atoms with van der Waals surface area (Å²) in [5.74, 6) is -1.49. The van der Waals surface area contributed by atoms with Crippen molar-refractivity contribution in [3.63, 3.8) is 0 Å². The number of benzene rings is 2. The Labute approximate surface area is 155 Å².